The number of rotatable bonds is 6. The summed E-state index contributed by atoms with van der Waals surface area (Å²) in [5.41, 5.74) is 6.71. The van der Waals surface area contributed by atoms with Crippen LogP contribution >= 0.6 is 0 Å². The van der Waals surface area contributed by atoms with Crippen molar-refractivity contribution in [2.75, 3.05) is 39.3 Å². The van der Waals surface area contributed by atoms with Crippen molar-refractivity contribution in [3.63, 3.8) is 0 Å². The number of likely N-dealkylation sites (tertiary alicyclic amines) is 2. The molecule has 0 radical (unpaired) electrons. The molecular formula is C21H32N4O2. The van der Waals surface area contributed by atoms with Crippen LogP contribution in [-0.2, 0) is 16.0 Å². The van der Waals surface area contributed by atoms with E-state index < -0.39 is 0 Å². The van der Waals surface area contributed by atoms with Gasteiger partial charge in [0.1, 0.15) is 0 Å². The van der Waals surface area contributed by atoms with Gasteiger partial charge in [0.25, 0.3) is 0 Å². The minimum absolute atomic E-state index is 0.0549. The lowest BCUT2D eigenvalue weighted by Crippen LogP contribution is -2.51. The summed E-state index contributed by atoms with van der Waals surface area (Å²) < 4.78 is 0. The lowest BCUT2D eigenvalue weighted by Gasteiger charge is -2.41. The van der Waals surface area contributed by atoms with Gasteiger partial charge in [0, 0.05) is 31.6 Å². The third-order valence-corrected chi connectivity index (χ3v) is 5.96. The third-order valence-electron chi connectivity index (χ3n) is 5.96. The summed E-state index contributed by atoms with van der Waals surface area (Å²) in [6, 6.07) is 10.8. The lowest BCUT2D eigenvalue weighted by atomic mass is 9.92. The van der Waals surface area contributed by atoms with Crippen LogP contribution in [0.15, 0.2) is 30.3 Å². The van der Waals surface area contributed by atoms with E-state index in [1.54, 1.807) is 0 Å². The van der Waals surface area contributed by atoms with E-state index in [1.807, 2.05) is 23.1 Å². The zero-order valence-corrected chi connectivity index (χ0v) is 16.1. The molecule has 1 aromatic rings. The van der Waals surface area contributed by atoms with Crippen molar-refractivity contribution in [3.05, 3.63) is 35.9 Å². The fraction of sp³-hybridized carbons (Fsp3) is 0.619. The predicted molar refractivity (Wildman–Crippen MR) is 106 cm³/mol. The Bertz CT molecular complexity index is 606. The van der Waals surface area contributed by atoms with Crippen molar-refractivity contribution >= 4 is 11.8 Å². The number of nitrogens with two attached hydrogens (primary N) is 1. The highest BCUT2D eigenvalue weighted by molar-refractivity contribution is 5.79. The van der Waals surface area contributed by atoms with Crippen LogP contribution in [0.2, 0.25) is 0 Å². The molecule has 0 spiro atoms. The zero-order valence-electron chi connectivity index (χ0n) is 16.1. The van der Waals surface area contributed by atoms with E-state index in [4.69, 9.17) is 5.73 Å². The number of benzene rings is 1. The molecule has 6 heteroatoms. The number of hydrogen-bond donors (Lipinski definition) is 2. The summed E-state index contributed by atoms with van der Waals surface area (Å²) >= 11 is 0. The molecule has 6 nitrogen and oxygen atoms in total. The van der Waals surface area contributed by atoms with Gasteiger partial charge in [-0.2, -0.15) is 0 Å². The number of piperidine rings is 2. The summed E-state index contributed by atoms with van der Waals surface area (Å²) in [5, 5.41) is 3.11. The first-order chi connectivity index (χ1) is 13.2. The van der Waals surface area contributed by atoms with Crippen molar-refractivity contribution in [2.24, 2.45) is 11.7 Å². The largest absolute Gasteiger partial charge is 0.356 e. The molecule has 0 unspecified atom stereocenters. The van der Waals surface area contributed by atoms with Gasteiger partial charge in [-0.25, -0.2) is 0 Å². The van der Waals surface area contributed by atoms with Crippen molar-refractivity contribution < 1.29 is 9.59 Å². The predicted octanol–water partition coefficient (Wildman–Crippen LogP) is 1.01. The summed E-state index contributed by atoms with van der Waals surface area (Å²) in [4.78, 5) is 28.5. The van der Waals surface area contributed by atoms with E-state index in [0.717, 1.165) is 58.3 Å². The number of nitrogens with zero attached hydrogens (tertiary/aromatic N) is 2. The quantitative estimate of drug-likeness (QED) is 0.781. The SMILES string of the molecule is NCC(=O)N1CCC(N2CCC(C(=O)NCCc3ccccc3)CC2)CC1. The van der Waals surface area contributed by atoms with Gasteiger partial charge in [-0.05, 0) is 50.8 Å². The molecule has 0 bridgehead atoms. The maximum absolute atomic E-state index is 12.4. The Morgan fingerprint density at radius 1 is 1.00 bits per heavy atom. The molecule has 2 fully saturated rings. The third kappa shape index (κ3) is 5.53. The number of hydrogen-bond acceptors (Lipinski definition) is 4. The molecule has 2 aliphatic rings. The van der Waals surface area contributed by atoms with Crippen molar-refractivity contribution in [1.82, 2.24) is 15.1 Å². The maximum atomic E-state index is 12.4. The standard InChI is InChI=1S/C21H32N4O2/c22-16-20(26)25-14-9-19(10-15-25)24-12-7-18(8-13-24)21(27)23-11-6-17-4-2-1-3-5-17/h1-5,18-19H,6-16,22H2,(H,23,27). The van der Waals surface area contributed by atoms with Crippen LogP contribution in [0.1, 0.15) is 31.2 Å². The average molecular weight is 373 g/mol. The molecule has 2 heterocycles. The number of nitrogens with one attached hydrogen (secondary N) is 1. The van der Waals surface area contributed by atoms with Crippen LogP contribution in [0.4, 0.5) is 0 Å². The molecule has 2 aliphatic heterocycles. The average Bonchev–Trinajstić information content (AvgIpc) is 2.74. The molecule has 148 valence electrons. The van der Waals surface area contributed by atoms with Crippen molar-refractivity contribution in [2.45, 2.75) is 38.1 Å². The Balaban J connectivity index is 1.35. The highest BCUT2D eigenvalue weighted by Crippen LogP contribution is 2.24. The molecule has 2 saturated heterocycles. The second-order valence-corrected chi connectivity index (χ2v) is 7.65. The van der Waals surface area contributed by atoms with E-state index in [9.17, 15) is 9.59 Å². The molecule has 0 aliphatic carbocycles. The lowest BCUT2D eigenvalue weighted by molar-refractivity contribution is -0.132. The van der Waals surface area contributed by atoms with Gasteiger partial charge in [-0.15, -0.1) is 0 Å². The Kier molecular flexibility index (Phi) is 7.24. The van der Waals surface area contributed by atoms with E-state index in [1.165, 1.54) is 5.56 Å². The molecule has 2 amide bonds. The number of carbonyl (C=O) groups excluding carboxylic acids is 2. The molecule has 27 heavy (non-hydrogen) atoms. The molecule has 1 aromatic carbocycles. The van der Waals surface area contributed by atoms with Gasteiger partial charge in [-0.1, -0.05) is 30.3 Å². The van der Waals surface area contributed by atoms with Crippen LogP contribution in [0.25, 0.3) is 0 Å². The molecule has 0 saturated carbocycles. The normalized spacial score (nSPS) is 19.8. The summed E-state index contributed by atoms with van der Waals surface area (Å²) in [7, 11) is 0. The second kappa shape index (κ2) is 9.85. The van der Waals surface area contributed by atoms with E-state index >= 15 is 0 Å². The van der Waals surface area contributed by atoms with E-state index in [2.05, 4.69) is 22.3 Å². The zero-order chi connectivity index (χ0) is 19.1. The molecular weight excluding hydrogens is 340 g/mol. The summed E-state index contributed by atoms with van der Waals surface area (Å²) in [6.45, 7) is 4.38. The Morgan fingerprint density at radius 3 is 2.30 bits per heavy atom. The fourth-order valence-electron chi connectivity index (χ4n) is 4.26. The Hall–Kier alpha value is -1.92. The number of amides is 2. The molecule has 3 N–H and O–H groups in total. The van der Waals surface area contributed by atoms with Crippen LogP contribution in [0, 0.1) is 5.92 Å². The highest BCUT2D eigenvalue weighted by atomic mass is 16.2. The molecule has 3 rings (SSSR count). The summed E-state index contributed by atoms with van der Waals surface area (Å²) in [6.07, 6.45) is 4.77. The first-order valence-electron chi connectivity index (χ1n) is 10.2. The molecule has 0 atom stereocenters. The summed E-state index contributed by atoms with van der Waals surface area (Å²) in [5.74, 6) is 0.393. The van der Waals surface area contributed by atoms with Gasteiger partial charge < -0.3 is 20.9 Å². The topological polar surface area (TPSA) is 78.7 Å². The van der Waals surface area contributed by atoms with Gasteiger partial charge in [-0.3, -0.25) is 9.59 Å². The smallest absolute Gasteiger partial charge is 0.236 e. The van der Waals surface area contributed by atoms with Gasteiger partial charge >= 0.3 is 0 Å². The molecule has 0 aromatic heterocycles. The Morgan fingerprint density at radius 2 is 1.67 bits per heavy atom. The van der Waals surface area contributed by atoms with Gasteiger partial charge in [0.05, 0.1) is 6.54 Å². The number of carbonyl (C=O) groups is 2. The van der Waals surface area contributed by atoms with Crippen LogP contribution in [-0.4, -0.2) is 66.9 Å². The van der Waals surface area contributed by atoms with Crippen molar-refractivity contribution in [1.29, 1.82) is 0 Å². The first kappa shape index (κ1) is 19.8. The minimum Gasteiger partial charge on any atom is -0.356 e. The van der Waals surface area contributed by atoms with Crippen molar-refractivity contribution in [3.8, 4) is 0 Å². The Labute approximate surface area is 162 Å². The maximum Gasteiger partial charge on any atom is 0.236 e. The van der Waals surface area contributed by atoms with E-state index in [-0.39, 0.29) is 24.3 Å². The highest BCUT2D eigenvalue weighted by Gasteiger charge is 2.31. The first-order valence-corrected chi connectivity index (χ1v) is 10.2. The minimum atomic E-state index is 0.0549. The van der Waals surface area contributed by atoms with Gasteiger partial charge in [0.2, 0.25) is 11.8 Å². The van der Waals surface area contributed by atoms with Crippen LogP contribution < -0.4 is 11.1 Å². The van der Waals surface area contributed by atoms with Crippen LogP contribution in [0.3, 0.4) is 0 Å². The monoisotopic (exact) mass is 372 g/mol. The van der Waals surface area contributed by atoms with Crippen LogP contribution in [0.5, 0.6) is 0 Å². The van der Waals surface area contributed by atoms with E-state index in [0.29, 0.717) is 12.6 Å². The van der Waals surface area contributed by atoms with Gasteiger partial charge in [0.15, 0.2) is 0 Å². The fourth-order valence-corrected chi connectivity index (χ4v) is 4.26. The second-order valence-electron chi connectivity index (χ2n) is 7.65.